The number of likely N-dealkylation sites (tertiary alicyclic amines) is 1. The summed E-state index contributed by atoms with van der Waals surface area (Å²) in [5.41, 5.74) is 3.64. The standard InChI is InChI=1S/C24H34N4O2/c1-3-25-15-20-13-21(7-6-19(20)16-29)28-10-4-5-18-14-22(26-23(18)28)24(30)27-11-8-17(2)9-12-27/h6-7,13-14,16-18,23,25-26H,3-5,8-12,15H2,1-2H3. The Morgan fingerprint density at radius 3 is 2.77 bits per heavy atom. The fraction of sp³-hybridized carbons (Fsp3) is 0.583. The number of hydrogen-bond donors (Lipinski definition) is 2. The fourth-order valence-electron chi connectivity index (χ4n) is 4.91. The molecule has 2 saturated heterocycles. The van der Waals surface area contributed by atoms with Crippen LogP contribution in [0, 0.1) is 11.8 Å². The van der Waals surface area contributed by atoms with Gasteiger partial charge in [0, 0.05) is 43.3 Å². The molecule has 6 nitrogen and oxygen atoms in total. The van der Waals surface area contributed by atoms with Crippen molar-refractivity contribution in [3.8, 4) is 0 Å². The summed E-state index contributed by atoms with van der Waals surface area (Å²) in [5, 5.41) is 6.88. The molecule has 4 rings (SSSR count). The number of nitrogens with zero attached hydrogens (tertiary/aromatic N) is 2. The van der Waals surface area contributed by atoms with E-state index >= 15 is 0 Å². The summed E-state index contributed by atoms with van der Waals surface area (Å²) >= 11 is 0. The average molecular weight is 411 g/mol. The number of carbonyl (C=O) groups excluding carboxylic acids is 2. The molecule has 1 aromatic carbocycles. The summed E-state index contributed by atoms with van der Waals surface area (Å²) in [4.78, 5) is 28.9. The highest BCUT2D eigenvalue weighted by atomic mass is 16.2. The first-order valence-corrected chi connectivity index (χ1v) is 11.4. The van der Waals surface area contributed by atoms with E-state index in [2.05, 4.69) is 41.5 Å². The summed E-state index contributed by atoms with van der Waals surface area (Å²) in [6.07, 6.45) is 7.58. The molecule has 0 aliphatic carbocycles. The van der Waals surface area contributed by atoms with Crippen LogP contribution in [0.15, 0.2) is 30.0 Å². The largest absolute Gasteiger partial charge is 0.360 e. The van der Waals surface area contributed by atoms with Gasteiger partial charge in [0.2, 0.25) is 0 Å². The molecule has 0 saturated carbocycles. The van der Waals surface area contributed by atoms with Gasteiger partial charge in [-0.1, -0.05) is 13.8 Å². The van der Waals surface area contributed by atoms with Crippen LogP contribution in [0.3, 0.4) is 0 Å². The number of carbonyl (C=O) groups is 2. The van der Waals surface area contributed by atoms with Crippen molar-refractivity contribution in [3.63, 3.8) is 0 Å². The van der Waals surface area contributed by atoms with Crippen LogP contribution < -0.4 is 15.5 Å². The number of fused-ring (bicyclic) bond motifs is 1. The SMILES string of the molecule is CCNCc1cc(N2CCCC3C=C(C(=O)N4CCC(C)CC4)NC32)ccc1C=O. The quantitative estimate of drug-likeness (QED) is 0.706. The van der Waals surface area contributed by atoms with Gasteiger partial charge in [-0.3, -0.25) is 9.59 Å². The number of benzene rings is 1. The maximum atomic E-state index is 13.1. The third-order valence-corrected chi connectivity index (χ3v) is 6.81. The second-order valence-corrected chi connectivity index (χ2v) is 8.93. The van der Waals surface area contributed by atoms with Gasteiger partial charge >= 0.3 is 0 Å². The Morgan fingerprint density at radius 1 is 1.23 bits per heavy atom. The van der Waals surface area contributed by atoms with E-state index in [0.717, 1.165) is 80.7 Å². The van der Waals surface area contributed by atoms with Gasteiger partial charge in [-0.15, -0.1) is 0 Å². The van der Waals surface area contributed by atoms with Gasteiger partial charge in [0.1, 0.15) is 12.5 Å². The van der Waals surface area contributed by atoms with Crippen molar-refractivity contribution in [3.05, 3.63) is 41.1 Å². The number of anilines is 1. The van der Waals surface area contributed by atoms with Crippen LogP contribution in [0.25, 0.3) is 0 Å². The van der Waals surface area contributed by atoms with E-state index in [9.17, 15) is 9.59 Å². The third-order valence-electron chi connectivity index (χ3n) is 6.81. The second kappa shape index (κ2) is 9.21. The van der Waals surface area contributed by atoms with Crippen LogP contribution >= 0.6 is 0 Å². The predicted octanol–water partition coefficient (Wildman–Crippen LogP) is 2.90. The predicted molar refractivity (Wildman–Crippen MR) is 119 cm³/mol. The molecule has 0 spiro atoms. The Hall–Kier alpha value is -2.34. The van der Waals surface area contributed by atoms with E-state index in [-0.39, 0.29) is 12.1 Å². The highest BCUT2D eigenvalue weighted by Crippen LogP contribution is 2.34. The van der Waals surface area contributed by atoms with E-state index in [1.165, 1.54) is 0 Å². The highest BCUT2D eigenvalue weighted by molar-refractivity contribution is 5.93. The molecular formula is C24H34N4O2. The van der Waals surface area contributed by atoms with Gasteiger partial charge in [0.05, 0.1) is 5.70 Å². The van der Waals surface area contributed by atoms with E-state index in [0.29, 0.717) is 18.4 Å². The van der Waals surface area contributed by atoms with Gasteiger partial charge in [0.25, 0.3) is 5.91 Å². The maximum Gasteiger partial charge on any atom is 0.269 e. The first kappa shape index (κ1) is 20.9. The van der Waals surface area contributed by atoms with Crippen molar-refractivity contribution in [2.75, 3.05) is 31.1 Å². The Balaban J connectivity index is 1.50. The molecule has 30 heavy (non-hydrogen) atoms. The lowest BCUT2D eigenvalue weighted by Crippen LogP contribution is -2.51. The zero-order chi connectivity index (χ0) is 21.1. The number of amides is 1. The first-order chi connectivity index (χ1) is 14.6. The van der Waals surface area contributed by atoms with Crippen molar-refractivity contribution < 1.29 is 9.59 Å². The summed E-state index contributed by atoms with van der Waals surface area (Å²) < 4.78 is 0. The molecule has 1 aromatic rings. The van der Waals surface area contributed by atoms with Crippen LogP contribution in [-0.2, 0) is 11.3 Å². The molecule has 3 aliphatic heterocycles. The highest BCUT2D eigenvalue weighted by Gasteiger charge is 2.38. The lowest BCUT2D eigenvalue weighted by atomic mass is 9.94. The van der Waals surface area contributed by atoms with Crippen molar-refractivity contribution in [2.45, 2.75) is 52.2 Å². The van der Waals surface area contributed by atoms with Gasteiger partial charge < -0.3 is 20.4 Å². The zero-order valence-electron chi connectivity index (χ0n) is 18.2. The molecule has 2 atom stereocenters. The molecule has 2 fully saturated rings. The molecular weight excluding hydrogens is 376 g/mol. The van der Waals surface area contributed by atoms with Crippen LogP contribution in [-0.4, -0.2) is 49.4 Å². The lowest BCUT2D eigenvalue weighted by Gasteiger charge is -2.40. The van der Waals surface area contributed by atoms with Crippen LogP contribution in [0.5, 0.6) is 0 Å². The number of nitrogens with one attached hydrogen (secondary N) is 2. The fourth-order valence-corrected chi connectivity index (χ4v) is 4.91. The average Bonchev–Trinajstić information content (AvgIpc) is 3.22. The molecule has 0 radical (unpaired) electrons. The third kappa shape index (κ3) is 4.24. The Kier molecular flexibility index (Phi) is 6.42. The van der Waals surface area contributed by atoms with Gasteiger partial charge in [0.15, 0.2) is 0 Å². The van der Waals surface area contributed by atoms with E-state index in [1.54, 1.807) is 0 Å². The number of aldehydes is 1. The minimum absolute atomic E-state index is 0.107. The minimum Gasteiger partial charge on any atom is -0.360 e. The molecule has 2 N–H and O–H groups in total. The van der Waals surface area contributed by atoms with Crippen molar-refractivity contribution in [2.24, 2.45) is 11.8 Å². The van der Waals surface area contributed by atoms with E-state index < -0.39 is 0 Å². The van der Waals surface area contributed by atoms with Crippen LogP contribution in [0.4, 0.5) is 5.69 Å². The molecule has 0 bridgehead atoms. The summed E-state index contributed by atoms with van der Waals surface area (Å²) in [6.45, 7) is 8.55. The Morgan fingerprint density at radius 2 is 2.03 bits per heavy atom. The molecule has 1 amide bonds. The van der Waals surface area contributed by atoms with Gasteiger partial charge in [-0.2, -0.15) is 0 Å². The second-order valence-electron chi connectivity index (χ2n) is 8.93. The van der Waals surface area contributed by atoms with Crippen molar-refractivity contribution in [1.29, 1.82) is 0 Å². The summed E-state index contributed by atoms with van der Waals surface area (Å²) in [6, 6.07) is 6.08. The Bertz CT molecular complexity index is 813. The molecule has 3 heterocycles. The normalized spacial score (nSPS) is 24.3. The number of rotatable bonds is 6. The minimum atomic E-state index is 0.107. The summed E-state index contributed by atoms with van der Waals surface area (Å²) in [7, 11) is 0. The van der Waals surface area contributed by atoms with E-state index in [1.807, 2.05) is 17.0 Å². The monoisotopic (exact) mass is 410 g/mol. The lowest BCUT2D eigenvalue weighted by molar-refractivity contribution is -0.128. The Labute approximate surface area is 179 Å². The molecule has 0 aromatic heterocycles. The smallest absolute Gasteiger partial charge is 0.269 e. The molecule has 2 unspecified atom stereocenters. The van der Waals surface area contributed by atoms with E-state index in [4.69, 9.17) is 0 Å². The van der Waals surface area contributed by atoms with Gasteiger partial charge in [-0.05, 0) is 68.0 Å². The first-order valence-electron chi connectivity index (χ1n) is 11.4. The maximum absolute atomic E-state index is 13.1. The molecule has 162 valence electrons. The van der Waals surface area contributed by atoms with Gasteiger partial charge in [-0.25, -0.2) is 0 Å². The van der Waals surface area contributed by atoms with Crippen molar-refractivity contribution >= 4 is 17.9 Å². The van der Waals surface area contributed by atoms with Crippen molar-refractivity contribution in [1.82, 2.24) is 15.5 Å². The topological polar surface area (TPSA) is 64.7 Å². The molecule has 3 aliphatic rings. The van der Waals surface area contributed by atoms with Crippen LogP contribution in [0.1, 0.15) is 55.5 Å². The van der Waals surface area contributed by atoms with Crippen LogP contribution in [0.2, 0.25) is 0 Å². The number of piperidine rings is 2. The number of hydrogen-bond acceptors (Lipinski definition) is 5. The summed E-state index contributed by atoms with van der Waals surface area (Å²) in [5.74, 6) is 1.20. The zero-order valence-corrected chi connectivity index (χ0v) is 18.2. The molecule has 6 heteroatoms.